The van der Waals surface area contributed by atoms with Gasteiger partial charge in [-0.3, -0.25) is 0 Å². The van der Waals surface area contributed by atoms with E-state index >= 15 is 0 Å². The lowest BCUT2D eigenvalue weighted by molar-refractivity contribution is -0.467. The molecule has 1 aliphatic heterocycles. The number of rotatable bonds is 2. The lowest BCUT2D eigenvalue weighted by Crippen LogP contribution is -2.19. The Morgan fingerprint density at radius 1 is 1.04 bits per heavy atom. The van der Waals surface area contributed by atoms with Crippen molar-refractivity contribution in [2.24, 2.45) is 0 Å². The van der Waals surface area contributed by atoms with E-state index in [1.807, 2.05) is 16.5 Å². The number of anilines is 1. The van der Waals surface area contributed by atoms with Crippen LogP contribution >= 0.6 is 0 Å². The number of hydrogen-bond donors (Lipinski definition) is 0. The van der Waals surface area contributed by atoms with Gasteiger partial charge in [0.2, 0.25) is 5.52 Å². The summed E-state index contributed by atoms with van der Waals surface area (Å²) in [4.78, 5) is 2.27. The summed E-state index contributed by atoms with van der Waals surface area (Å²) in [6, 6.07) is 19.0. The number of fused-ring (bicyclic) bond motifs is 2. The minimum Gasteiger partial charge on any atom is -0.400 e. The van der Waals surface area contributed by atoms with Crippen LogP contribution in [0.1, 0.15) is 5.56 Å². The van der Waals surface area contributed by atoms with Crippen molar-refractivity contribution in [2.45, 2.75) is 6.42 Å². The maximum atomic E-state index is 4.04. The molecule has 2 aromatic carbocycles. The van der Waals surface area contributed by atoms with E-state index < -0.39 is 0 Å². The highest BCUT2D eigenvalue weighted by atomic mass is 15.1. The smallest absolute Gasteiger partial charge is 0.205 e. The SMILES string of the molecule is C=[n+]1ccc(=C[CH-]/C=C2/Cc3ccccc3N2C)c2ccccc21. The third-order valence-electron chi connectivity index (χ3n) is 4.68. The molecule has 0 amide bonds. The number of benzene rings is 2. The summed E-state index contributed by atoms with van der Waals surface area (Å²) in [6.07, 6.45) is 9.53. The van der Waals surface area contributed by atoms with Crippen LogP contribution in [0.4, 0.5) is 5.69 Å². The zero-order valence-corrected chi connectivity index (χ0v) is 13.8. The topological polar surface area (TPSA) is 9.14 Å². The van der Waals surface area contributed by atoms with Crippen LogP contribution in [0.3, 0.4) is 0 Å². The molecule has 0 N–H and O–H groups in total. The number of pyridine rings is 1. The molecule has 0 radical (unpaired) electrons. The summed E-state index contributed by atoms with van der Waals surface area (Å²) in [7, 11) is 2.13. The zero-order valence-electron chi connectivity index (χ0n) is 13.8. The van der Waals surface area contributed by atoms with Gasteiger partial charge >= 0.3 is 0 Å². The highest BCUT2D eigenvalue weighted by Crippen LogP contribution is 2.32. The number of hydrogen-bond acceptors (Lipinski definition) is 1. The summed E-state index contributed by atoms with van der Waals surface area (Å²) in [5.74, 6) is 0. The molecule has 0 saturated carbocycles. The van der Waals surface area contributed by atoms with E-state index in [9.17, 15) is 0 Å². The van der Waals surface area contributed by atoms with Crippen LogP contribution in [-0.2, 0) is 6.42 Å². The Morgan fingerprint density at radius 2 is 1.83 bits per heavy atom. The molecule has 0 bridgehead atoms. The minimum atomic E-state index is 0.991. The summed E-state index contributed by atoms with van der Waals surface area (Å²) in [5, 5.41) is 2.42. The second-order valence-electron chi connectivity index (χ2n) is 6.14. The first-order chi connectivity index (χ1) is 11.7. The van der Waals surface area contributed by atoms with Crippen LogP contribution in [-0.4, -0.2) is 7.05 Å². The monoisotopic (exact) mass is 312 g/mol. The van der Waals surface area contributed by atoms with Gasteiger partial charge in [-0.15, -0.1) is 5.22 Å². The summed E-state index contributed by atoms with van der Waals surface area (Å²) in [6.45, 7) is 4.04. The van der Waals surface area contributed by atoms with Gasteiger partial charge in [0.15, 0.2) is 6.20 Å². The first kappa shape index (κ1) is 14.6. The van der Waals surface area contributed by atoms with Gasteiger partial charge in [0.05, 0.1) is 0 Å². The van der Waals surface area contributed by atoms with Crippen molar-refractivity contribution in [2.75, 3.05) is 11.9 Å². The fourth-order valence-electron chi connectivity index (χ4n) is 3.34. The Bertz CT molecular complexity index is 1050. The predicted molar refractivity (Wildman–Crippen MR) is 99.9 cm³/mol. The predicted octanol–water partition coefficient (Wildman–Crippen LogP) is 3.33. The fraction of sp³-hybridized carbons (Fsp3) is 0.0909. The number of likely N-dealkylation sites (N-methyl/N-ethyl adjacent to an activating group) is 1. The fourth-order valence-corrected chi connectivity index (χ4v) is 3.34. The summed E-state index contributed by atoms with van der Waals surface area (Å²) >= 11 is 0. The van der Waals surface area contributed by atoms with E-state index in [0.717, 1.165) is 11.9 Å². The molecule has 24 heavy (non-hydrogen) atoms. The molecule has 3 aromatic rings. The Balaban J connectivity index is 1.66. The zero-order chi connectivity index (χ0) is 16.5. The van der Waals surface area contributed by atoms with Crippen LogP contribution in [0.25, 0.3) is 17.0 Å². The lowest BCUT2D eigenvalue weighted by Gasteiger charge is -2.19. The van der Waals surface area contributed by atoms with Gasteiger partial charge < -0.3 is 4.90 Å². The summed E-state index contributed by atoms with van der Waals surface area (Å²) < 4.78 is 1.91. The molecule has 1 aromatic heterocycles. The highest BCUT2D eigenvalue weighted by molar-refractivity contribution is 5.77. The molecule has 0 spiro atoms. The van der Waals surface area contributed by atoms with E-state index in [4.69, 9.17) is 0 Å². The van der Waals surface area contributed by atoms with Gasteiger partial charge in [0.25, 0.3) is 0 Å². The molecule has 4 rings (SSSR count). The van der Waals surface area contributed by atoms with Crippen molar-refractivity contribution in [1.29, 1.82) is 0 Å². The van der Waals surface area contributed by atoms with Gasteiger partial charge in [-0.25, -0.2) is 0 Å². The van der Waals surface area contributed by atoms with Crippen LogP contribution in [0.2, 0.25) is 0 Å². The van der Waals surface area contributed by atoms with Crippen molar-refractivity contribution in [3.8, 4) is 0 Å². The van der Waals surface area contributed by atoms with Gasteiger partial charge in [-0.2, -0.15) is 22.8 Å². The van der Waals surface area contributed by atoms with Crippen LogP contribution in [0, 0.1) is 13.1 Å². The van der Waals surface area contributed by atoms with E-state index in [2.05, 4.69) is 85.8 Å². The standard InChI is InChI=1S/C22H20N2/c1-23-15-14-17(20-11-4-6-13-22(20)23)9-7-10-19-16-18-8-3-5-12-21(18)24(19)2/h3-15H,1,16H2,2H3/b17-9?,19-10-. The number of allylic oxidation sites excluding steroid dienone is 2. The average molecular weight is 312 g/mol. The third kappa shape index (κ3) is 2.46. The molecule has 0 atom stereocenters. The summed E-state index contributed by atoms with van der Waals surface area (Å²) in [5.41, 5.74) is 5.15. The Hall–Kier alpha value is -3.00. The van der Waals surface area contributed by atoms with E-state index in [1.165, 1.54) is 27.6 Å². The van der Waals surface area contributed by atoms with Crippen molar-refractivity contribution < 1.29 is 4.24 Å². The normalized spacial score (nSPS) is 16.0. The molecule has 118 valence electrons. The van der Waals surface area contributed by atoms with Crippen LogP contribution in [0.15, 0.2) is 72.6 Å². The van der Waals surface area contributed by atoms with Crippen LogP contribution in [0.5, 0.6) is 0 Å². The van der Waals surface area contributed by atoms with Crippen molar-refractivity contribution in [3.63, 3.8) is 0 Å². The molecule has 0 aliphatic carbocycles. The lowest BCUT2D eigenvalue weighted by atomic mass is 10.1. The average Bonchev–Trinajstić information content (AvgIpc) is 2.94. The van der Waals surface area contributed by atoms with Gasteiger partial charge in [0.1, 0.15) is 6.72 Å². The van der Waals surface area contributed by atoms with Crippen molar-refractivity contribution >= 4 is 22.7 Å². The first-order valence-electron chi connectivity index (χ1n) is 8.17. The third-order valence-corrected chi connectivity index (χ3v) is 4.68. The molecular formula is C22H20N2. The molecule has 0 unspecified atom stereocenters. The van der Waals surface area contributed by atoms with E-state index in [1.54, 1.807) is 0 Å². The van der Waals surface area contributed by atoms with Crippen LogP contribution < -0.4 is 14.4 Å². The minimum absolute atomic E-state index is 0.991. The van der Waals surface area contributed by atoms with E-state index in [0.29, 0.717) is 0 Å². The Morgan fingerprint density at radius 3 is 2.71 bits per heavy atom. The molecule has 1 aliphatic rings. The highest BCUT2D eigenvalue weighted by Gasteiger charge is 2.15. The second kappa shape index (κ2) is 5.89. The van der Waals surface area contributed by atoms with Gasteiger partial charge in [-0.05, 0) is 36.6 Å². The largest absolute Gasteiger partial charge is 0.400 e. The second-order valence-corrected chi connectivity index (χ2v) is 6.14. The van der Waals surface area contributed by atoms with Crippen molar-refractivity contribution in [1.82, 2.24) is 0 Å². The molecule has 2 heteroatoms. The maximum Gasteiger partial charge on any atom is 0.205 e. The molecule has 2 nitrogen and oxygen atoms in total. The Labute approximate surface area is 142 Å². The quantitative estimate of drug-likeness (QED) is 0.521. The van der Waals surface area contributed by atoms with Gasteiger partial charge in [0, 0.05) is 11.8 Å². The van der Waals surface area contributed by atoms with Gasteiger partial charge in [-0.1, -0.05) is 42.1 Å². The number of aromatic nitrogens is 1. The molecule has 2 heterocycles. The number of para-hydroxylation sites is 2. The number of nitrogens with zero attached hydrogens (tertiary/aromatic N) is 2. The molecule has 0 saturated heterocycles. The maximum absolute atomic E-state index is 4.04. The molecule has 0 fully saturated rings. The van der Waals surface area contributed by atoms with Crippen molar-refractivity contribution in [3.05, 3.63) is 96.5 Å². The van der Waals surface area contributed by atoms with E-state index in [-0.39, 0.29) is 0 Å². The first-order valence-corrected chi connectivity index (χ1v) is 8.17. The molecular weight excluding hydrogens is 292 g/mol. The Kier molecular flexibility index (Phi) is 3.58.